The Morgan fingerprint density at radius 1 is 1.42 bits per heavy atom. The zero-order valence-corrected chi connectivity index (χ0v) is 14.7. The van der Waals surface area contributed by atoms with Crippen molar-refractivity contribution in [2.24, 2.45) is 5.10 Å². The fourth-order valence-electron chi connectivity index (χ4n) is 2.12. The van der Waals surface area contributed by atoms with Gasteiger partial charge in [-0.15, -0.1) is 0 Å². The molecule has 0 saturated carbocycles. The third kappa shape index (κ3) is 3.46. The fourth-order valence-corrected chi connectivity index (χ4v) is 2.47. The van der Waals surface area contributed by atoms with Gasteiger partial charge in [-0.3, -0.25) is 20.0 Å². The first-order valence-electron chi connectivity index (χ1n) is 7.13. The van der Waals surface area contributed by atoms with Gasteiger partial charge in [0.2, 0.25) is 4.77 Å². The lowest BCUT2D eigenvalue weighted by molar-refractivity contribution is -0.384. The molecule has 2 aromatic heterocycles. The fraction of sp³-hybridized carbons (Fsp3) is 0.0667. The second kappa shape index (κ2) is 7.02. The van der Waals surface area contributed by atoms with Crippen LogP contribution in [0.2, 0.25) is 5.02 Å². The van der Waals surface area contributed by atoms with E-state index in [0.717, 1.165) is 4.68 Å². The molecule has 0 saturated heterocycles. The normalized spacial score (nSPS) is 11.2. The number of aryl methyl sites for hydroxylation is 1. The van der Waals surface area contributed by atoms with Gasteiger partial charge in [0.15, 0.2) is 0 Å². The van der Waals surface area contributed by atoms with Crippen LogP contribution in [0.4, 0.5) is 5.69 Å². The number of nitro groups is 1. The minimum Gasteiger partial charge on any atom is -0.455 e. The van der Waals surface area contributed by atoms with Gasteiger partial charge in [-0.2, -0.15) is 14.9 Å². The van der Waals surface area contributed by atoms with Crippen molar-refractivity contribution in [3.8, 4) is 11.3 Å². The monoisotopic (exact) mass is 391 g/mol. The maximum Gasteiger partial charge on any atom is 0.296 e. The Hall–Kier alpha value is -3.11. The molecule has 0 radical (unpaired) electrons. The van der Waals surface area contributed by atoms with Crippen molar-refractivity contribution in [3.63, 3.8) is 0 Å². The summed E-state index contributed by atoms with van der Waals surface area (Å²) in [5.41, 5.74) is -0.176. The van der Waals surface area contributed by atoms with Crippen molar-refractivity contribution in [2.75, 3.05) is 0 Å². The summed E-state index contributed by atoms with van der Waals surface area (Å²) in [4.78, 5) is 22.6. The summed E-state index contributed by atoms with van der Waals surface area (Å²) in [6.45, 7) is 1.52. The number of furan rings is 1. The van der Waals surface area contributed by atoms with E-state index in [1.165, 1.54) is 31.3 Å². The molecule has 1 N–H and O–H groups in total. The van der Waals surface area contributed by atoms with E-state index in [9.17, 15) is 14.9 Å². The summed E-state index contributed by atoms with van der Waals surface area (Å²) in [6.07, 6.45) is 1.27. The quantitative estimate of drug-likeness (QED) is 0.315. The summed E-state index contributed by atoms with van der Waals surface area (Å²) in [6, 6.07) is 7.37. The standard InChI is InChI=1S/C15H10ClN5O4S/c1-8-14(22)20(15(26)19-18-8)17-7-10-3-5-13(25-10)11-4-2-9(16)6-12(11)21(23)24/h2-7H,1H3,(H,19,26)/b17-7-. The lowest BCUT2D eigenvalue weighted by atomic mass is 10.1. The number of H-pyrrole nitrogens is 1. The number of nitro benzene ring substituents is 1. The van der Waals surface area contributed by atoms with Gasteiger partial charge in [-0.25, -0.2) is 0 Å². The molecule has 3 aromatic rings. The predicted molar refractivity (Wildman–Crippen MR) is 97.2 cm³/mol. The molecule has 0 aliphatic carbocycles. The zero-order valence-electron chi connectivity index (χ0n) is 13.2. The van der Waals surface area contributed by atoms with Crippen LogP contribution in [0.1, 0.15) is 11.5 Å². The van der Waals surface area contributed by atoms with Gasteiger partial charge in [0.05, 0.1) is 16.7 Å². The van der Waals surface area contributed by atoms with Crippen LogP contribution in [0.25, 0.3) is 11.3 Å². The van der Waals surface area contributed by atoms with Crippen LogP contribution in [-0.2, 0) is 0 Å². The van der Waals surface area contributed by atoms with Crippen LogP contribution in [0, 0.1) is 21.8 Å². The molecule has 0 spiro atoms. The lowest BCUT2D eigenvalue weighted by Crippen LogP contribution is -2.22. The SMILES string of the molecule is Cc1n[nH]c(=S)n(/N=C\c2ccc(-c3ccc(Cl)cc3[N+](=O)[O-])o2)c1=O. The number of rotatable bonds is 4. The molecule has 132 valence electrons. The van der Waals surface area contributed by atoms with Crippen molar-refractivity contribution < 1.29 is 9.34 Å². The van der Waals surface area contributed by atoms with Gasteiger partial charge in [0.1, 0.15) is 17.2 Å². The number of nitrogens with one attached hydrogen (secondary N) is 1. The average Bonchev–Trinajstić information content (AvgIpc) is 3.07. The number of halogens is 1. The van der Waals surface area contributed by atoms with Crippen LogP contribution in [0.3, 0.4) is 0 Å². The number of hydrogen-bond acceptors (Lipinski definition) is 7. The molecule has 0 aliphatic heterocycles. The molecule has 3 rings (SSSR count). The molecule has 0 aliphatic rings. The maximum atomic E-state index is 12.0. The van der Waals surface area contributed by atoms with Crippen molar-refractivity contribution in [1.29, 1.82) is 0 Å². The number of aromatic nitrogens is 3. The van der Waals surface area contributed by atoms with E-state index < -0.39 is 10.5 Å². The third-order valence-electron chi connectivity index (χ3n) is 3.36. The van der Waals surface area contributed by atoms with Gasteiger partial charge in [-0.1, -0.05) is 11.6 Å². The zero-order chi connectivity index (χ0) is 18.8. The molecule has 2 heterocycles. The van der Waals surface area contributed by atoms with Crippen molar-refractivity contribution >= 4 is 35.7 Å². The summed E-state index contributed by atoms with van der Waals surface area (Å²) in [5.74, 6) is 0.540. The molecule has 11 heteroatoms. The smallest absolute Gasteiger partial charge is 0.296 e. The summed E-state index contributed by atoms with van der Waals surface area (Å²) < 4.78 is 6.55. The van der Waals surface area contributed by atoms with Gasteiger partial charge >= 0.3 is 0 Å². The summed E-state index contributed by atoms with van der Waals surface area (Å²) in [7, 11) is 0. The van der Waals surface area contributed by atoms with Crippen molar-refractivity contribution in [3.05, 3.63) is 72.0 Å². The van der Waals surface area contributed by atoms with Gasteiger partial charge in [-0.05, 0) is 43.4 Å². The highest BCUT2D eigenvalue weighted by Gasteiger charge is 2.18. The van der Waals surface area contributed by atoms with Gasteiger partial charge in [0.25, 0.3) is 11.2 Å². The molecule has 0 unspecified atom stereocenters. The summed E-state index contributed by atoms with van der Waals surface area (Å²) >= 11 is 10.8. The molecule has 0 atom stereocenters. The van der Waals surface area contributed by atoms with Crippen LogP contribution in [0.15, 0.2) is 44.6 Å². The van der Waals surface area contributed by atoms with E-state index in [-0.39, 0.29) is 38.3 Å². The molecule has 0 fully saturated rings. The molecule has 0 bridgehead atoms. The number of nitrogens with zero attached hydrogens (tertiary/aromatic N) is 4. The molecular formula is C15H10ClN5O4S. The second-order valence-electron chi connectivity index (χ2n) is 5.10. The highest BCUT2D eigenvalue weighted by Crippen LogP contribution is 2.33. The average molecular weight is 392 g/mol. The molecule has 9 nitrogen and oxygen atoms in total. The van der Waals surface area contributed by atoms with Crippen LogP contribution in [-0.4, -0.2) is 26.0 Å². The second-order valence-corrected chi connectivity index (χ2v) is 5.92. The lowest BCUT2D eigenvalue weighted by Gasteiger charge is -2.00. The first-order valence-corrected chi connectivity index (χ1v) is 7.92. The minimum atomic E-state index is -0.546. The van der Waals surface area contributed by atoms with Gasteiger partial charge in [0, 0.05) is 11.1 Å². The van der Waals surface area contributed by atoms with Crippen LogP contribution < -0.4 is 5.56 Å². The van der Waals surface area contributed by atoms with Crippen LogP contribution >= 0.6 is 23.8 Å². The first kappa shape index (κ1) is 17.7. The third-order valence-corrected chi connectivity index (χ3v) is 3.86. The van der Waals surface area contributed by atoms with E-state index in [2.05, 4.69) is 15.3 Å². The maximum absolute atomic E-state index is 12.0. The Morgan fingerprint density at radius 2 is 2.19 bits per heavy atom. The van der Waals surface area contributed by atoms with E-state index >= 15 is 0 Å². The molecule has 1 aromatic carbocycles. The largest absolute Gasteiger partial charge is 0.455 e. The van der Waals surface area contributed by atoms with E-state index in [1.54, 1.807) is 12.1 Å². The number of hydrogen-bond donors (Lipinski definition) is 1. The van der Waals surface area contributed by atoms with Crippen molar-refractivity contribution in [2.45, 2.75) is 6.92 Å². The van der Waals surface area contributed by atoms with Crippen LogP contribution in [0.5, 0.6) is 0 Å². The van der Waals surface area contributed by atoms with Crippen molar-refractivity contribution in [1.82, 2.24) is 14.9 Å². The first-order chi connectivity index (χ1) is 12.4. The number of aromatic amines is 1. The number of benzene rings is 1. The highest BCUT2D eigenvalue weighted by atomic mass is 35.5. The molecule has 26 heavy (non-hydrogen) atoms. The summed E-state index contributed by atoms with van der Waals surface area (Å²) in [5, 5.41) is 21.6. The Morgan fingerprint density at radius 3 is 2.92 bits per heavy atom. The van der Waals surface area contributed by atoms with E-state index in [1.807, 2.05) is 0 Å². The Labute approximate surface area is 155 Å². The molecular weight excluding hydrogens is 382 g/mol. The Balaban J connectivity index is 1.98. The molecule has 0 amide bonds. The Bertz CT molecular complexity index is 1150. The Kier molecular flexibility index (Phi) is 4.78. The topological polar surface area (TPSA) is 119 Å². The van der Waals surface area contributed by atoms with E-state index in [4.69, 9.17) is 28.2 Å². The minimum absolute atomic E-state index is 0.0250. The van der Waals surface area contributed by atoms with E-state index in [0.29, 0.717) is 0 Å². The van der Waals surface area contributed by atoms with Gasteiger partial charge < -0.3 is 4.42 Å². The predicted octanol–water partition coefficient (Wildman–Crippen LogP) is 3.31. The highest BCUT2D eigenvalue weighted by molar-refractivity contribution is 7.71.